The molecule has 0 aromatic heterocycles. The summed E-state index contributed by atoms with van der Waals surface area (Å²) in [5.74, 6) is 1.73. The van der Waals surface area contributed by atoms with Gasteiger partial charge in [0.25, 0.3) is 0 Å². The maximum absolute atomic E-state index is 9.35. The van der Waals surface area contributed by atoms with Crippen molar-refractivity contribution >= 4 is 5.69 Å². The molecule has 0 amide bonds. The number of anilines is 1. The zero-order valence-corrected chi connectivity index (χ0v) is 12.7. The van der Waals surface area contributed by atoms with Gasteiger partial charge in [0.2, 0.25) is 0 Å². The van der Waals surface area contributed by atoms with Gasteiger partial charge in [-0.25, -0.2) is 0 Å². The Balaban J connectivity index is 2.22. The van der Waals surface area contributed by atoms with Gasteiger partial charge in [-0.2, -0.15) is 0 Å². The van der Waals surface area contributed by atoms with Crippen molar-refractivity contribution in [1.29, 1.82) is 0 Å². The maximum Gasteiger partial charge on any atom is 0.162 e. The average Bonchev–Trinajstić information content (AvgIpc) is 2.53. The van der Waals surface area contributed by atoms with E-state index in [1.807, 2.05) is 30.3 Å². The van der Waals surface area contributed by atoms with Crippen LogP contribution >= 0.6 is 0 Å². The molecule has 0 spiro atoms. The summed E-state index contributed by atoms with van der Waals surface area (Å²) in [4.78, 5) is 2.23. The van der Waals surface area contributed by atoms with Crippen molar-refractivity contribution < 1.29 is 14.6 Å². The lowest BCUT2D eigenvalue weighted by molar-refractivity contribution is 0.355. The Bertz CT molecular complexity index is 581. The lowest BCUT2D eigenvalue weighted by atomic mass is 10.2. The number of phenolic OH excluding ortho intramolecular Hbond substituents is 1. The van der Waals surface area contributed by atoms with Gasteiger partial charge in [0.05, 0.1) is 14.2 Å². The first-order valence-corrected chi connectivity index (χ1v) is 6.92. The minimum atomic E-state index is 0.285. The summed E-state index contributed by atoms with van der Waals surface area (Å²) in [6.07, 6.45) is 0. The topological polar surface area (TPSA) is 41.9 Å². The second-order valence-electron chi connectivity index (χ2n) is 4.72. The number of hydrogen-bond acceptors (Lipinski definition) is 4. The molecule has 2 aromatic carbocycles. The molecule has 0 heterocycles. The van der Waals surface area contributed by atoms with Crippen LogP contribution in [0.25, 0.3) is 0 Å². The summed E-state index contributed by atoms with van der Waals surface area (Å²) in [6, 6.07) is 13.2. The molecule has 0 radical (unpaired) electrons. The number of benzene rings is 2. The fraction of sp³-hybridized carbons (Fsp3) is 0.294. The highest BCUT2D eigenvalue weighted by Gasteiger charge is 2.10. The van der Waals surface area contributed by atoms with Crippen molar-refractivity contribution in [2.75, 3.05) is 25.7 Å². The molecule has 2 aromatic rings. The molecular weight excluding hydrogens is 266 g/mol. The van der Waals surface area contributed by atoms with Crippen LogP contribution in [-0.4, -0.2) is 25.9 Å². The molecule has 0 saturated heterocycles. The summed E-state index contributed by atoms with van der Waals surface area (Å²) in [5.41, 5.74) is 2.22. The number of phenols is 1. The van der Waals surface area contributed by atoms with Gasteiger partial charge in [0, 0.05) is 24.8 Å². The smallest absolute Gasteiger partial charge is 0.162 e. The first kappa shape index (κ1) is 15.0. The Morgan fingerprint density at radius 3 is 2.19 bits per heavy atom. The van der Waals surface area contributed by atoms with E-state index in [1.54, 1.807) is 26.4 Å². The highest BCUT2D eigenvalue weighted by atomic mass is 16.5. The van der Waals surface area contributed by atoms with Crippen LogP contribution in [0.1, 0.15) is 12.5 Å². The molecule has 0 aliphatic rings. The molecule has 0 aliphatic carbocycles. The Morgan fingerprint density at radius 2 is 1.62 bits per heavy atom. The molecule has 4 heteroatoms. The van der Waals surface area contributed by atoms with Crippen LogP contribution in [0.2, 0.25) is 0 Å². The van der Waals surface area contributed by atoms with E-state index in [0.717, 1.165) is 35.8 Å². The molecule has 2 rings (SSSR count). The number of aromatic hydroxyl groups is 1. The standard InChI is InChI=1S/C17H21NO3/c1-4-18(12-13-5-8-15(19)9-6-13)14-7-10-16(20-2)17(11-14)21-3/h5-11,19H,4,12H2,1-3H3. The van der Waals surface area contributed by atoms with Crippen molar-refractivity contribution in [2.45, 2.75) is 13.5 Å². The van der Waals surface area contributed by atoms with E-state index in [0.29, 0.717) is 0 Å². The van der Waals surface area contributed by atoms with Gasteiger partial charge < -0.3 is 19.5 Å². The van der Waals surface area contributed by atoms with Crippen LogP contribution in [-0.2, 0) is 6.54 Å². The summed E-state index contributed by atoms with van der Waals surface area (Å²) in [5, 5.41) is 9.35. The van der Waals surface area contributed by atoms with Crippen molar-refractivity contribution in [3.63, 3.8) is 0 Å². The second kappa shape index (κ2) is 6.88. The molecule has 0 atom stereocenters. The van der Waals surface area contributed by atoms with Crippen LogP contribution in [0, 0.1) is 0 Å². The molecule has 0 bridgehead atoms. The summed E-state index contributed by atoms with van der Waals surface area (Å²) < 4.78 is 10.6. The minimum Gasteiger partial charge on any atom is -0.508 e. The molecule has 0 aliphatic heterocycles. The number of methoxy groups -OCH3 is 2. The van der Waals surface area contributed by atoms with E-state index in [4.69, 9.17) is 9.47 Å². The first-order valence-electron chi connectivity index (χ1n) is 6.92. The predicted octanol–water partition coefficient (Wildman–Crippen LogP) is 3.44. The lowest BCUT2D eigenvalue weighted by Crippen LogP contribution is -2.21. The number of rotatable bonds is 6. The molecule has 0 saturated carbocycles. The van der Waals surface area contributed by atoms with Crippen molar-refractivity contribution in [2.24, 2.45) is 0 Å². The van der Waals surface area contributed by atoms with Crippen LogP contribution < -0.4 is 14.4 Å². The Hall–Kier alpha value is -2.36. The van der Waals surface area contributed by atoms with Gasteiger partial charge in [-0.05, 0) is 36.8 Å². The number of ether oxygens (including phenoxy) is 2. The molecular formula is C17H21NO3. The SMILES string of the molecule is CCN(Cc1ccc(O)cc1)c1ccc(OC)c(OC)c1. The molecule has 1 N–H and O–H groups in total. The summed E-state index contributed by atoms with van der Waals surface area (Å²) >= 11 is 0. The molecule has 0 unspecified atom stereocenters. The predicted molar refractivity (Wildman–Crippen MR) is 84.4 cm³/mol. The maximum atomic E-state index is 9.35. The average molecular weight is 287 g/mol. The normalized spacial score (nSPS) is 10.2. The van der Waals surface area contributed by atoms with Gasteiger partial charge in [0.1, 0.15) is 5.75 Å². The third-order valence-electron chi connectivity index (χ3n) is 3.42. The number of hydrogen-bond donors (Lipinski definition) is 1. The molecule has 4 nitrogen and oxygen atoms in total. The van der Waals surface area contributed by atoms with Crippen molar-refractivity contribution in [1.82, 2.24) is 0 Å². The quantitative estimate of drug-likeness (QED) is 0.883. The van der Waals surface area contributed by atoms with E-state index < -0.39 is 0 Å². The first-order chi connectivity index (χ1) is 10.2. The van der Waals surface area contributed by atoms with E-state index in [9.17, 15) is 5.11 Å². The fourth-order valence-corrected chi connectivity index (χ4v) is 2.23. The lowest BCUT2D eigenvalue weighted by Gasteiger charge is -2.24. The fourth-order valence-electron chi connectivity index (χ4n) is 2.23. The van der Waals surface area contributed by atoms with Crippen LogP contribution in [0.5, 0.6) is 17.2 Å². The van der Waals surface area contributed by atoms with E-state index in [2.05, 4.69) is 11.8 Å². The monoisotopic (exact) mass is 287 g/mol. The second-order valence-corrected chi connectivity index (χ2v) is 4.72. The summed E-state index contributed by atoms with van der Waals surface area (Å²) in [6.45, 7) is 3.75. The minimum absolute atomic E-state index is 0.285. The zero-order chi connectivity index (χ0) is 15.2. The molecule has 0 fully saturated rings. The molecule has 21 heavy (non-hydrogen) atoms. The van der Waals surface area contributed by atoms with Gasteiger partial charge in [-0.1, -0.05) is 12.1 Å². The van der Waals surface area contributed by atoms with Crippen molar-refractivity contribution in [3.8, 4) is 17.2 Å². The Morgan fingerprint density at radius 1 is 0.952 bits per heavy atom. The van der Waals surface area contributed by atoms with Gasteiger partial charge in [0.15, 0.2) is 11.5 Å². The largest absolute Gasteiger partial charge is 0.508 e. The van der Waals surface area contributed by atoms with Gasteiger partial charge in [-0.15, -0.1) is 0 Å². The Labute approximate surface area is 125 Å². The Kier molecular flexibility index (Phi) is 4.93. The van der Waals surface area contributed by atoms with E-state index >= 15 is 0 Å². The van der Waals surface area contributed by atoms with E-state index in [-0.39, 0.29) is 5.75 Å². The third kappa shape index (κ3) is 3.60. The van der Waals surface area contributed by atoms with Gasteiger partial charge >= 0.3 is 0 Å². The number of nitrogens with zero attached hydrogens (tertiary/aromatic N) is 1. The third-order valence-corrected chi connectivity index (χ3v) is 3.42. The van der Waals surface area contributed by atoms with Crippen LogP contribution in [0.3, 0.4) is 0 Å². The van der Waals surface area contributed by atoms with Crippen molar-refractivity contribution in [3.05, 3.63) is 48.0 Å². The highest BCUT2D eigenvalue weighted by Crippen LogP contribution is 2.32. The van der Waals surface area contributed by atoms with Crippen LogP contribution in [0.4, 0.5) is 5.69 Å². The van der Waals surface area contributed by atoms with Gasteiger partial charge in [-0.3, -0.25) is 0 Å². The molecule has 112 valence electrons. The highest BCUT2D eigenvalue weighted by molar-refractivity contribution is 5.56. The van der Waals surface area contributed by atoms with E-state index in [1.165, 1.54) is 0 Å². The zero-order valence-electron chi connectivity index (χ0n) is 12.7. The summed E-state index contributed by atoms with van der Waals surface area (Å²) in [7, 11) is 3.27. The van der Waals surface area contributed by atoms with Crippen LogP contribution in [0.15, 0.2) is 42.5 Å².